The third kappa shape index (κ3) is 13.8. The van der Waals surface area contributed by atoms with Crippen LogP contribution in [-0.4, -0.2) is 72.3 Å². The van der Waals surface area contributed by atoms with Crippen molar-refractivity contribution < 1.29 is 39.1 Å². The van der Waals surface area contributed by atoms with Crippen LogP contribution in [-0.2, 0) is 40.0 Å². The molecule has 4 atom stereocenters. The third-order valence-electron chi connectivity index (χ3n) is 9.75. The van der Waals surface area contributed by atoms with Gasteiger partial charge in [0.2, 0.25) is 0 Å². The second-order valence-electron chi connectivity index (χ2n) is 14.1. The molecule has 56 heavy (non-hydrogen) atoms. The molecule has 4 unspecified atom stereocenters. The minimum absolute atomic E-state index is 0.0499. The van der Waals surface area contributed by atoms with Crippen molar-refractivity contribution in [2.45, 2.75) is 82.7 Å². The number of aliphatic carboxylic acids is 1. The van der Waals surface area contributed by atoms with E-state index in [9.17, 15) is 19.8 Å². The SMILES string of the molecule is CCOC(=O)CCc1ccc2c(c1)CCC(CNCC(O)c1cccc(Cl)c1)O2.O=C(O)CCc1ccc2c(c1)CCC(CNCC(O)c1cccc(Cl)c1)O2. The van der Waals surface area contributed by atoms with Crippen LogP contribution in [0.1, 0.15) is 78.2 Å². The first-order valence-corrected chi connectivity index (χ1v) is 20.0. The van der Waals surface area contributed by atoms with Crippen LogP contribution in [0.15, 0.2) is 84.9 Å². The Balaban J connectivity index is 0.000000215. The second kappa shape index (κ2) is 22.0. The number of aliphatic hydroxyl groups excluding tert-OH is 2. The molecule has 12 heteroatoms. The first kappa shape index (κ1) is 43.0. The number of aryl methyl sites for hydroxylation is 4. The summed E-state index contributed by atoms with van der Waals surface area (Å²) in [5.74, 6) is 0.823. The van der Waals surface area contributed by atoms with Gasteiger partial charge in [-0.3, -0.25) is 9.59 Å². The van der Waals surface area contributed by atoms with Crippen LogP contribution in [0.2, 0.25) is 10.0 Å². The Morgan fingerprint density at radius 1 is 0.732 bits per heavy atom. The number of nitrogens with one attached hydrogen (secondary N) is 2. The number of carbonyl (C=O) groups excluding carboxylic acids is 1. The Bertz CT molecular complexity index is 1890. The van der Waals surface area contributed by atoms with Gasteiger partial charge in [-0.1, -0.05) is 71.7 Å². The topological polar surface area (TPSA) is 147 Å². The molecule has 0 radical (unpaired) electrons. The highest BCUT2D eigenvalue weighted by atomic mass is 35.5. The van der Waals surface area contributed by atoms with Crippen molar-refractivity contribution in [2.75, 3.05) is 32.8 Å². The van der Waals surface area contributed by atoms with Gasteiger partial charge in [0.25, 0.3) is 0 Å². The highest BCUT2D eigenvalue weighted by molar-refractivity contribution is 6.30. The van der Waals surface area contributed by atoms with Crippen LogP contribution in [0.4, 0.5) is 0 Å². The first-order chi connectivity index (χ1) is 27.1. The molecule has 0 saturated carbocycles. The summed E-state index contributed by atoms with van der Waals surface area (Å²) in [7, 11) is 0. The molecule has 5 N–H and O–H groups in total. The third-order valence-corrected chi connectivity index (χ3v) is 10.2. The van der Waals surface area contributed by atoms with Gasteiger partial charge in [0, 0.05) is 49.1 Å². The number of hydrogen-bond donors (Lipinski definition) is 5. The number of ether oxygens (including phenoxy) is 3. The van der Waals surface area contributed by atoms with Gasteiger partial charge in [-0.05, 0) is 115 Å². The largest absolute Gasteiger partial charge is 0.489 e. The van der Waals surface area contributed by atoms with Gasteiger partial charge in [0.05, 0.1) is 18.8 Å². The van der Waals surface area contributed by atoms with Gasteiger partial charge in [0.1, 0.15) is 23.7 Å². The van der Waals surface area contributed by atoms with E-state index in [4.69, 9.17) is 42.5 Å². The summed E-state index contributed by atoms with van der Waals surface area (Å²) >= 11 is 11.9. The maximum Gasteiger partial charge on any atom is 0.306 e. The first-order valence-electron chi connectivity index (χ1n) is 19.3. The number of benzene rings is 4. The van der Waals surface area contributed by atoms with Crippen molar-refractivity contribution >= 4 is 35.1 Å². The fourth-order valence-corrected chi connectivity index (χ4v) is 7.15. The van der Waals surface area contributed by atoms with Crippen LogP contribution < -0.4 is 20.1 Å². The number of carboxylic acids is 1. The van der Waals surface area contributed by atoms with Gasteiger partial charge >= 0.3 is 11.9 Å². The molecular weight excluding hydrogens is 755 g/mol. The highest BCUT2D eigenvalue weighted by Crippen LogP contribution is 2.30. The Morgan fingerprint density at radius 3 is 1.66 bits per heavy atom. The molecule has 0 aromatic heterocycles. The van der Waals surface area contributed by atoms with Gasteiger partial charge in [-0.15, -0.1) is 0 Å². The molecule has 2 aliphatic rings. The minimum atomic E-state index is -0.782. The molecular formula is C44H52Cl2N2O8. The van der Waals surface area contributed by atoms with Crippen LogP contribution in [0.5, 0.6) is 11.5 Å². The molecule has 2 heterocycles. The molecule has 300 valence electrons. The molecule has 4 aromatic carbocycles. The Labute approximate surface area is 339 Å². The van der Waals surface area contributed by atoms with E-state index in [2.05, 4.69) is 16.7 Å². The van der Waals surface area contributed by atoms with Crippen LogP contribution >= 0.6 is 23.2 Å². The van der Waals surface area contributed by atoms with E-state index in [0.717, 1.165) is 65.0 Å². The minimum Gasteiger partial charge on any atom is -0.489 e. The van der Waals surface area contributed by atoms with E-state index in [1.54, 1.807) is 24.3 Å². The molecule has 0 spiro atoms. The van der Waals surface area contributed by atoms with Gasteiger partial charge in [-0.2, -0.15) is 0 Å². The summed E-state index contributed by atoms with van der Waals surface area (Å²) in [5, 5.41) is 37.1. The van der Waals surface area contributed by atoms with Crippen molar-refractivity contribution in [3.05, 3.63) is 128 Å². The molecule has 2 aliphatic heterocycles. The standard InChI is InChI=1S/C23H28ClNO4.C21H24ClNO4/c1-2-28-23(27)11-7-16-6-10-22-18(12-16)8-9-20(29-22)14-25-15-21(26)17-4-3-5-19(24)13-17;22-17-3-1-2-15(11-17)19(24)13-23-12-18-7-6-16-10-14(5-9-21(25)26)4-8-20(16)27-18/h3-6,10,12-13,20-21,25-26H,2,7-9,11,14-15H2,1H3;1-4,8,10-11,18-19,23-24H,5-7,9,12-13H2,(H,25,26). The van der Waals surface area contributed by atoms with E-state index in [-0.39, 0.29) is 24.6 Å². The Morgan fingerprint density at radius 2 is 1.21 bits per heavy atom. The summed E-state index contributed by atoms with van der Waals surface area (Å²) < 4.78 is 17.1. The summed E-state index contributed by atoms with van der Waals surface area (Å²) in [6.07, 6.45) is 4.29. The van der Waals surface area contributed by atoms with Crippen LogP contribution in [0.25, 0.3) is 0 Å². The van der Waals surface area contributed by atoms with Gasteiger partial charge < -0.3 is 40.2 Å². The smallest absolute Gasteiger partial charge is 0.306 e. The lowest BCUT2D eigenvalue weighted by molar-refractivity contribution is -0.143. The monoisotopic (exact) mass is 806 g/mol. The summed E-state index contributed by atoms with van der Waals surface area (Å²) in [6.45, 7) is 4.43. The van der Waals surface area contributed by atoms with E-state index in [1.807, 2.05) is 61.5 Å². The van der Waals surface area contributed by atoms with Crippen LogP contribution in [0.3, 0.4) is 0 Å². The predicted molar refractivity (Wildman–Crippen MR) is 218 cm³/mol. The number of hydrogen-bond acceptors (Lipinski definition) is 9. The Kier molecular flexibility index (Phi) is 16.8. The lowest BCUT2D eigenvalue weighted by Gasteiger charge is -2.27. The maximum atomic E-state index is 11.5. The van der Waals surface area contributed by atoms with Crippen molar-refractivity contribution in [3.8, 4) is 11.5 Å². The molecule has 0 fully saturated rings. The quantitative estimate of drug-likeness (QED) is 0.0693. The molecule has 10 nitrogen and oxygen atoms in total. The van der Waals surface area contributed by atoms with Crippen molar-refractivity contribution in [2.24, 2.45) is 0 Å². The van der Waals surface area contributed by atoms with Crippen molar-refractivity contribution in [1.29, 1.82) is 0 Å². The molecule has 0 saturated heterocycles. The van der Waals surface area contributed by atoms with Crippen molar-refractivity contribution in [3.63, 3.8) is 0 Å². The molecule has 0 bridgehead atoms. The molecule has 4 aromatic rings. The number of carboxylic acid groups (broad SMARTS) is 1. The lowest BCUT2D eigenvalue weighted by atomic mass is 9.98. The molecule has 0 amide bonds. The molecule has 6 rings (SSSR count). The van der Waals surface area contributed by atoms with E-state index >= 15 is 0 Å². The second-order valence-corrected chi connectivity index (χ2v) is 15.0. The normalized spacial score (nSPS) is 16.8. The summed E-state index contributed by atoms with van der Waals surface area (Å²) in [6, 6.07) is 26.5. The van der Waals surface area contributed by atoms with Crippen molar-refractivity contribution in [1.82, 2.24) is 10.6 Å². The highest BCUT2D eigenvalue weighted by Gasteiger charge is 2.22. The number of rotatable bonds is 17. The summed E-state index contributed by atoms with van der Waals surface area (Å²) in [4.78, 5) is 22.2. The average molecular weight is 808 g/mol. The number of esters is 1. The predicted octanol–water partition coefficient (Wildman–Crippen LogP) is 7.23. The number of fused-ring (bicyclic) bond motifs is 2. The fraction of sp³-hybridized carbons (Fsp3) is 0.409. The lowest BCUT2D eigenvalue weighted by Crippen LogP contribution is -2.36. The number of halogens is 2. The van der Waals surface area contributed by atoms with E-state index < -0.39 is 18.2 Å². The zero-order valence-electron chi connectivity index (χ0n) is 31.7. The van der Waals surface area contributed by atoms with Crippen LogP contribution in [0, 0.1) is 0 Å². The zero-order chi connectivity index (χ0) is 39.9. The number of aliphatic hydroxyl groups is 2. The Hall–Kier alpha value is -4.16. The zero-order valence-corrected chi connectivity index (χ0v) is 33.2. The number of carbonyl (C=O) groups is 2. The maximum absolute atomic E-state index is 11.5. The summed E-state index contributed by atoms with van der Waals surface area (Å²) in [5.41, 5.74) is 6.06. The van der Waals surface area contributed by atoms with Gasteiger partial charge in [-0.25, -0.2) is 0 Å². The van der Waals surface area contributed by atoms with E-state index in [0.29, 0.717) is 62.1 Å². The van der Waals surface area contributed by atoms with Gasteiger partial charge in [0.15, 0.2) is 0 Å². The fourth-order valence-electron chi connectivity index (χ4n) is 6.75. The molecule has 0 aliphatic carbocycles. The average Bonchev–Trinajstić information content (AvgIpc) is 3.19. The van der Waals surface area contributed by atoms with E-state index in [1.165, 1.54) is 5.56 Å².